The average Bonchev–Trinajstić information content (AvgIpc) is 2.41. The number of nitrogens with one attached hydrogen (secondary N) is 1. The van der Waals surface area contributed by atoms with E-state index in [0.29, 0.717) is 5.56 Å². The normalized spacial score (nSPS) is 10.4. The lowest BCUT2D eigenvalue weighted by Gasteiger charge is -1.98. The van der Waals surface area contributed by atoms with Gasteiger partial charge in [0.2, 0.25) is 0 Å². The lowest BCUT2D eigenvalue weighted by molar-refractivity contribution is 0.0970. The van der Waals surface area contributed by atoms with Gasteiger partial charge in [-0.3, -0.25) is 9.78 Å². The number of benzene rings is 1. The van der Waals surface area contributed by atoms with Gasteiger partial charge in [0.05, 0.1) is 5.56 Å². The maximum Gasteiger partial charge on any atom is 0.256 e. The summed E-state index contributed by atoms with van der Waals surface area (Å²) in [6.45, 7) is 0. The van der Waals surface area contributed by atoms with Crippen LogP contribution in [0.1, 0.15) is 15.9 Å². The standard InChI is InChI=1S/C14H12N2O/c17-14(13-7-4-9-15-11-13)16-10-8-12-5-2-1-3-6-12/h1-11H,(H,16,17)/b10-8+. The first kappa shape index (κ1) is 11.1. The van der Waals surface area contributed by atoms with Gasteiger partial charge < -0.3 is 5.32 Å². The molecule has 0 spiro atoms. The minimum absolute atomic E-state index is 0.162. The minimum atomic E-state index is -0.162. The molecule has 3 nitrogen and oxygen atoms in total. The number of hydrogen-bond acceptors (Lipinski definition) is 2. The quantitative estimate of drug-likeness (QED) is 0.870. The highest BCUT2D eigenvalue weighted by molar-refractivity contribution is 5.94. The predicted octanol–water partition coefficient (Wildman–Crippen LogP) is 2.48. The molecule has 2 aromatic rings. The number of nitrogens with zero attached hydrogens (tertiary/aromatic N) is 1. The zero-order chi connectivity index (χ0) is 11.9. The van der Waals surface area contributed by atoms with Gasteiger partial charge in [-0.25, -0.2) is 0 Å². The van der Waals surface area contributed by atoms with Crippen molar-refractivity contribution in [2.75, 3.05) is 0 Å². The second-order valence-corrected chi connectivity index (χ2v) is 3.46. The number of carbonyl (C=O) groups is 1. The van der Waals surface area contributed by atoms with Gasteiger partial charge in [0.1, 0.15) is 0 Å². The Kier molecular flexibility index (Phi) is 3.65. The average molecular weight is 224 g/mol. The van der Waals surface area contributed by atoms with Crippen LogP contribution >= 0.6 is 0 Å². The lowest BCUT2D eigenvalue weighted by atomic mass is 10.2. The van der Waals surface area contributed by atoms with Gasteiger partial charge in [-0.2, -0.15) is 0 Å². The topological polar surface area (TPSA) is 42.0 Å². The summed E-state index contributed by atoms with van der Waals surface area (Å²) < 4.78 is 0. The Morgan fingerprint density at radius 2 is 1.94 bits per heavy atom. The van der Waals surface area contributed by atoms with Crippen LogP contribution in [0.3, 0.4) is 0 Å². The van der Waals surface area contributed by atoms with E-state index in [4.69, 9.17) is 0 Å². The summed E-state index contributed by atoms with van der Waals surface area (Å²) in [5.41, 5.74) is 1.59. The number of carbonyl (C=O) groups excluding carboxylic acids is 1. The molecule has 0 bridgehead atoms. The molecule has 1 amide bonds. The first-order valence-electron chi connectivity index (χ1n) is 5.29. The molecule has 0 aliphatic heterocycles. The fourth-order valence-electron chi connectivity index (χ4n) is 1.36. The van der Waals surface area contributed by atoms with Gasteiger partial charge in [-0.15, -0.1) is 0 Å². The van der Waals surface area contributed by atoms with Crippen molar-refractivity contribution in [3.63, 3.8) is 0 Å². The highest BCUT2D eigenvalue weighted by Crippen LogP contribution is 2.00. The maximum atomic E-state index is 11.6. The summed E-state index contributed by atoms with van der Waals surface area (Å²) in [6, 6.07) is 13.2. The zero-order valence-corrected chi connectivity index (χ0v) is 9.21. The van der Waals surface area contributed by atoms with Crippen molar-refractivity contribution in [3.05, 3.63) is 72.2 Å². The molecular formula is C14H12N2O. The summed E-state index contributed by atoms with van der Waals surface area (Å²) in [5, 5.41) is 2.69. The van der Waals surface area contributed by atoms with Crippen LogP contribution in [0.25, 0.3) is 6.08 Å². The molecule has 84 valence electrons. The van der Waals surface area contributed by atoms with E-state index in [1.54, 1.807) is 24.5 Å². The Balaban J connectivity index is 1.95. The third-order valence-electron chi connectivity index (χ3n) is 2.21. The van der Waals surface area contributed by atoms with Crippen molar-refractivity contribution in [2.24, 2.45) is 0 Å². The molecule has 1 heterocycles. The Bertz CT molecular complexity index is 506. The van der Waals surface area contributed by atoms with Crippen LogP contribution in [-0.2, 0) is 0 Å². The molecule has 0 unspecified atom stereocenters. The number of rotatable bonds is 3. The van der Waals surface area contributed by atoms with Crippen LogP contribution in [0, 0.1) is 0 Å². The van der Waals surface area contributed by atoms with Crippen LogP contribution in [0.2, 0.25) is 0 Å². The van der Waals surface area contributed by atoms with Crippen molar-refractivity contribution in [1.29, 1.82) is 0 Å². The molecule has 3 heteroatoms. The van der Waals surface area contributed by atoms with E-state index in [9.17, 15) is 4.79 Å². The summed E-state index contributed by atoms with van der Waals surface area (Å²) in [4.78, 5) is 15.5. The first-order chi connectivity index (χ1) is 8.36. The Labute approximate surface area is 99.8 Å². The molecule has 1 aromatic heterocycles. The second kappa shape index (κ2) is 5.61. The lowest BCUT2D eigenvalue weighted by Crippen LogP contribution is -2.16. The molecule has 0 aliphatic rings. The minimum Gasteiger partial charge on any atom is -0.329 e. The van der Waals surface area contributed by atoms with E-state index < -0.39 is 0 Å². The smallest absolute Gasteiger partial charge is 0.256 e. The number of aromatic nitrogens is 1. The predicted molar refractivity (Wildman–Crippen MR) is 67.2 cm³/mol. The Morgan fingerprint density at radius 1 is 1.12 bits per heavy atom. The van der Waals surface area contributed by atoms with Crippen molar-refractivity contribution < 1.29 is 4.79 Å². The maximum absolute atomic E-state index is 11.6. The molecule has 0 atom stereocenters. The van der Waals surface area contributed by atoms with Crippen LogP contribution in [0.5, 0.6) is 0 Å². The largest absolute Gasteiger partial charge is 0.329 e. The van der Waals surface area contributed by atoms with Crippen LogP contribution < -0.4 is 5.32 Å². The zero-order valence-electron chi connectivity index (χ0n) is 9.21. The highest BCUT2D eigenvalue weighted by Gasteiger charge is 2.00. The number of hydrogen-bond donors (Lipinski definition) is 1. The monoisotopic (exact) mass is 224 g/mol. The Hall–Kier alpha value is -2.42. The number of amides is 1. The fourth-order valence-corrected chi connectivity index (χ4v) is 1.36. The van der Waals surface area contributed by atoms with Gasteiger partial charge in [-0.05, 0) is 23.8 Å². The molecule has 2 rings (SSSR count). The number of pyridine rings is 1. The first-order valence-corrected chi connectivity index (χ1v) is 5.29. The van der Waals surface area contributed by atoms with E-state index in [1.165, 1.54) is 6.20 Å². The summed E-state index contributed by atoms with van der Waals surface area (Å²) in [5.74, 6) is -0.162. The van der Waals surface area contributed by atoms with E-state index in [-0.39, 0.29) is 5.91 Å². The van der Waals surface area contributed by atoms with E-state index in [2.05, 4.69) is 10.3 Å². The summed E-state index contributed by atoms with van der Waals surface area (Å²) in [7, 11) is 0. The van der Waals surface area contributed by atoms with E-state index >= 15 is 0 Å². The molecule has 0 fully saturated rings. The molecule has 0 saturated carbocycles. The van der Waals surface area contributed by atoms with Crippen molar-refractivity contribution in [2.45, 2.75) is 0 Å². The molecule has 0 radical (unpaired) electrons. The van der Waals surface area contributed by atoms with Gasteiger partial charge in [-0.1, -0.05) is 30.3 Å². The third kappa shape index (κ3) is 3.28. The van der Waals surface area contributed by atoms with Crippen LogP contribution in [-0.4, -0.2) is 10.9 Å². The van der Waals surface area contributed by atoms with E-state index in [1.807, 2.05) is 36.4 Å². The van der Waals surface area contributed by atoms with Crippen molar-refractivity contribution in [3.8, 4) is 0 Å². The van der Waals surface area contributed by atoms with Gasteiger partial charge >= 0.3 is 0 Å². The molecule has 0 saturated heterocycles. The molecular weight excluding hydrogens is 212 g/mol. The van der Waals surface area contributed by atoms with Crippen LogP contribution in [0.15, 0.2) is 61.1 Å². The van der Waals surface area contributed by atoms with Crippen molar-refractivity contribution >= 4 is 12.0 Å². The van der Waals surface area contributed by atoms with Gasteiger partial charge in [0.15, 0.2) is 0 Å². The highest BCUT2D eigenvalue weighted by atomic mass is 16.1. The van der Waals surface area contributed by atoms with Gasteiger partial charge in [0, 0.05) is 18.6 Å². The second-order valence-electron chi connectivity index (χ2n) is 3.46. The molecule has 1 N–H and O–H groups in total. The molecule has 0 aliphatic carbocycles. The van der Waals surface area contributed by atoms with Gasteiger partial charge in [0.25, 0.3) is 5.91 Å². The van der Waals surface area contributed by atoms with E-state index in [0.717, 1.165) is 5.56 Å². The molecule has 1 aromatic carbocycles. The summed E-state index contributed by atoms with van der Waals surface area (Å²) in [6.07, 6.45) is 6.64. The third-order valence-corrected chi connectivity index (χ3v) is 2.21. The SMILES string of the molecule is O=C(N/C=C/c1ccccc1)c1cccnc1. The fraction of sp³-hybridized carbons (Fsp3) is 0. The van der Waals surface area contributed by atoms with Crippen molar-refractivity contribution in [1.82, 2.24) is 10.3 Å². The Morgan fingerprint density at radius 3 is 2.65 bits per heavy atom. The molecule has 17 heavy (non-hydrogen) atoms. The summed E-state index contributed by atoms with van der Waals surface area (Å²) >= 11 is 0. The van der Waals surface area contributed by atoms with Crippen LogP contribution in [0.4, 0.5) is 0 Å².